The molecule has 0 bridgehead atoms. The highest BCUT2D eigenvalue weighted by atomic mass is 16.6. The van der Waals surface area contributed by atoms with E-state index in [1.54, 1.807) is 0 Å². The minimum Gasteiger partial charge on any atom is -0.462 e. The van der Waals surface area contributed by atoms with Gasteiger partial charge in [0.1, 0.15) is 6.61 Å². The van der Waals surface area contributed by atoms with Gasteiger partial charge in [-0.1, -0.05) is 283 Å². The number of allylic oxidation sites excluding steroid dienone is 2. The Hall–Kier alpha value is -1.36. The van der Waals surface area contributed by atoms with Gasteiger partial charge < -0.3 is 14.6 Å². The van der Waals surface area contributed by atoms with Gasteiger partial charge in [0.15, 0.2) is 6.10 Å². The minimum atomic E-state index is -0.770. The van der Waals surface area contributed by atoms with Crippen LogP contribution in [0.4, 0.5) is 0 Å². The van der Waals surface area contributed by atoms with E-state index in [0.29, 0.717) is 12.8 Å². The van der Waals surface area contributed by atoms with Gasteiger partial charge in [-0.3, -0.25) is 9.59 Å². The fourth-order valence-electron chi connectivity index (χ4n) is 8.60. The van der Waals surface area contributed by atoms with Crippen molar-refractivity contribution >= 4 is 11.9 Å². The third-order valence-corrected chi connectivity index (χ3v) is 12.8. The maximum Gasteiger partial charge on any atom is 0.306 e. The Bertz CT molecular complexity index is 886. The van der Waals surface area contributed by atoms with Crippen LogP contribution in [0.2, 0.25) is 0 Å². The van der Waals surface area contributed by atoms with Crippen LogP contribution in [0.1, 0.15) is 316 Å². The Morgan fingerprint density at radius 2 is 0.623 bits per heavy atom. The standard InChI is InChI=1S/C56H108O5/c1-3-5-7-9-11-13-15-16-17-18-19-20-21-22-23-24-25-26-27-28-29-30-31-32-33-34-35-36-37-38-39-41-42-44-46-48-50-55(58)60-53-54(52-57)61-56(59)51-49-47-45-43-40-14-12-10-8-6-4-2/h10,12,54,57H,3-9,11,13-53H2,1-2H3/b12-10-. The number of hydrogen-bond donors (Lipinski definition) is 1. The number of aliphatic hydroxyl groups excluding tert-OH is 1. The van der Waals surface area contributed by atoms with E-state index in [1.165, 1.54) is 250 Å². The summed E-state index contributed by atoms with van der Waals surface area (Å²) in [5, 5.41) is 9.58. The van der Waals surface area contributed by atoms with E-state index >= 15 is 0 Å². The molecule has 0 saturated carbocycles. The zero-order valence-electron chi connectivity index (χ0n) is 41.5. The van der Waals surface area contributed by atoms with E-state index in [1.807, 2.05) is 0 Å². The molecule has 362 valence electrons. The lowest BCUT2D eigenvalue weighted by molar-refractivity contribution is -0.161. The number of esters is 2. The van der Waals surface area contributed by atoms with Crippen molar-refractivity contribution in [3.8, 4) is 0 Å². The van der Waals surface area contributed by atoms with Gasteiger partial charge in [-0.25, -0.2) is 0 Å². The first-order chi connectivity index (χ1) is 30.1. The Morgan fingerprint density at radius 3 is 0.934 bits per heavy atom. The molecule has 5 heteroatoms. The fourth-order valence-corrected chi connectivity index (χ4v) is 8.60. The largest absolute Gasteiger partial charge is 0.462 e. The SMILES string of the molecule is CCCC/C=C\CCCCCCCC(=O)OC(CO)COC(=O)CCCCCCCCCCCCCCCCCCCCCCCCCCCCCCCCCCCCCC. The molecule has 0 aromatic heterocycles. The number of aliphatic hydroxyl groups is 1. The highest BCUT2D eigenvalue weighted by Gasteiger charge is 2.16. The van der Waals surface area contributed by atoms with Crippen LogP contribution in [0.5, 0.6) is 0 Å². The molecule has 0 aliphatic heterocycles. The summed E-state index contributed by atoms with van der Waals surface area (Å²) in [6.45, 7) is 4.13. The Labute approximate surface area is 381 Å². The summed E-state index contributed by atoms with van der Waals surface area (Å²) < 4.78 is 10.6. The lowest BCUT2D eigenvalue weighted by atomic mass is 10.0. The first-order valence-electron chi connectivity index (χ1n) is 27.7. The average Bonchev–Trinajstić information content (AvgIpc) is 3.26. The summed E-state index contributed by atoms with van der Waals surface area (Å²) in [6.07, 6.45) is 65.1. The topological polar surface area (TPSA) is 72.8 Å². The zero-order chi connectivity index (χ0) is 44.2. The molecule has 0 saturated heterocycles. The maximum absolute atomic E-state index is 12.2. The zero-order valence-corrected chi connectivity index (χ0v) is 41.5. The molecule has 1 unspecified atom stereocenters. The summed E-state index contributed by atoms with van der Waals surface area (Å²) in [6, 6.07) is 0. The number of carbonyl (C=O) groups excluding carboxylic acids is 2. The minimum absolute atomic E-state index is 0.0629. The van der Waals surface area contributed by atoms with E-state index in [-0.39, 0.29) is 25.2 Å². The van der Waals surface area contributed by atoms with Crippen molar-refractivity contribution in [1.82, 2.24) is 0 Å². The normalized spacial score (nSPS) is 12.1. The lowest BCUT2D eigenvalue weighted by Gasteiger charge is -2.15. The molecule has 0 amide bonds. The van der Waals surface area contributed by atoms with Gasteiger partial charge in [0.2, 0.25) is 0 Å². The number of hydrogen-bond acceptors (Lipinski definition) is 5. The van der Waals surface area contributed by atoms with E-state index < -0.39 is 6.10 Å². The monoisotopic (exact) mass is 861 g/mol. The van der Waals surface area contributed by atoms with Crippen molar-refractivity contribution in [2.75, 3.05) is 13.2 Å². The third kappa shape index (κ3) is 51.2. The summed E-state index contributed by atoms with van der Waals surface area (Å²) in [7, 11) is 0. The second-order valence-corrected chi connectivity index (χ2v) is 19.0. The van der Waals surface area contributed by atoms with Gasteiger partial charge >= 0.3 is 11.9 Å². The van der Waals surface area contributed by atoms with Crippen LogP contribution in [-0.2, 0) is 19.1 Å². The molecule has 61 heavy (non-hydrogen) atoms. The van der Waals surface area contributed by atoms with Crippen LogP contribution >= 0.6 is 0 Å². The first kappa shape index (κ1) is 59.6. The summed E-state index contributed by atoms with van der Waals surface area (Å²) in [5.41, 5.74) is 0. The quantitative estimate of drug-likeness (QED) is 0.0375. The molecule has 0 aliphatic carbocycles. The highest BCUT2D eigenvalue weighted by molar-refractivity contribution is 5.70. The predicted octanol–water partition coefficient (Wildman–Crippen LogP) is 18.4. The van der Waals surface area contributed by atoms with Crippen molar-refractivity contribution in [3.05, 3.63) is 12.2 Å². The van der Waals surface area contributed by atoms with Crippen LogP contribution < -0.4 is 0 Å². The lowest BCUT2D eigenvalue weighted by Crippen LogP contribution is -2.28. The molecule has 5 nitrogen and oxygen atoms in total. The molecular weight excluding hydrogens is 753 g/mol. The smallest absolute Gasteiger partial charge is 0.306 e. The van der Waals surface area contributed by atoms with E-state index in [0.717, 1.165) is 38.5 Å². The van der Waals surface area contributed by atoms with Crippen LogP contribution in [0.25, 0.3) is 0 Å². The van der Waals surface area contributed by atoms with Crippen LogP contribution in [0.15, 0.2) is 12.2 Å². The van der Waals surface area contributed by atoms with Crippen LogP contribution in [0.3, 0.4) is 0 Å². The van der Waals surface area contributed by atoms with Gasteiger partial charge in [0, 0.05) is 12.8 Å². The van der Waals surface area contributed by atoms with Crippen molar-refractivity contribution in [3.63, 3.8) is 0 Å². The molecule has 0 heterocycles. The molecular formula is C56H108O5. The van der Waals surface area contributed by atoms with Gasteiger partial charge in [-0.2, -0.15) is 0 Å². The van der Waals surface area contributed by atoms with E-state index in [4.69, 9.17) is 9.47 Å². The second kappa shape index (κ2) is 53.0. The summed E-state index contributed by atoms with van der Waals surface area (Å²) in [4.78, 5) is 24.3. The average molecular weight is 861 g/mol. The molecule has 0 aliphatic rings. The highest BCUT2D eigenvalue weighted by Crippen LogP contribution is 2.18. The van der Waals surface area contributed by atoms with Crippen molar-refractivity contribution in [2.45, 2.75) is 322 Å². The van der Waals surface area contributed by atoms with Crippen LogP contribution in [0, 0.1) is 0 Å². The number of carbonyl (C=O) groups is 2. The predicted molar refractivity (Wildman–Crippen MR) is 265 cm³/mol. The third-order valence-electron chi connectivity index (χ3n) is 12.8. The van der Waals surface area contributed by atoms with Crippen molar-refractivity contribution < 1.29 is 24.2 Å². The van der Waals surface area contributed by atoms with Gasteiger partial charge in [0.05, 0.1) is 6.61 Å². The maximum atomic E-state index is 12.2. The molecule has 0 fully saturated rings. The van der Waals surface area contributed by atoms with Crippen LogP contribution in [-0.4, -0.2) is 36.4 Å². The molecule has 1 N–H and O–H groups in total. The van der Waals surface area contributed by atoms with Gasteiger partial charge in [-0.05, 0) is 32.1 Å². The van der Waals surface area contributed by atoms with Gasteiger partial charge in [0.25, 0.3) is 0 Å². The van der Waals surface area contributed by atoms with Crippen molar-refractivity contribution in [2.24, 2.45) is 0 Å². The first-order valence-corrected chi connectivity index (χ1v) is 27.7. The molecule has 0 aromatic carbocycles. The Kier molecular flexibility index (Phi) is 51.8. The molecule has 0 aromatic rings. The Morgan fingerprint density at radius 1 is 0.361 bits per heavy atom. The van der Waals surface area contributed by atoms with E-state index in [9.17, 15) is 14.7 Å². The molecule has 0 radical (unpaired) electrons. The number of rotatable bonds is 52. The van der Waals surface area contributed by atoms with E-state index in [2.05, 4.69) is 26.0 Å². The fraction of sp³-hybridized carbons (Fsp3) is 0.929. The number of ether oxygens (including phenoxy) is 2. The molecule has 0 spiro atoms. The molecule has 1 atom stereocenters. The summed E-state index contributed by atoms with van der Waals surface area (Å²) in [5.74, 6) is -0.586. The van der Waals surface area contributed by atoms with Gasteiger partial charge in [-0.15, -0.1) is 0 Å². The van der Waals surface area contributed by atoms with Crippen molar-refractivity contribution in [1.29, 1.82) is 0 Å². The second-order valence-electron chi connectivity index (χ2n) is 19.0. The Balaban J connectivity index is 3.32. The summed E-state index contributed by atoms with van der Waals surface area (Å²) >= 11 is 0. The number of unbranched alkanes of at least 4 members (excludes halogenated alkanes) is 42. The molecule has 0 rings (SSSR count).